The molecule has 34 heavy (non-hydrogen) atoms. The Labute approximate surface area is 199 Å². The fourth-order valence-electron chi connectivity index (χ4n) is 4.50. The lowest BCUT2D eigenvalue weighted by molar-refractivity contribution is 0.0730. The van der Waals surface area contributed by atoms with Crippen LogP contribution in [0.2, 0.25) is 0 Å². The summed E-state index contributed by atoms with van der Waals surface area (Å²) in [6.07, 6.45) is 9.52. The zero-order valence-electron chi connectivity index (χ0n) is 19.2. The summed E-state index contributed by atoms with van der Waals surface area (Å²) in [5.74, 6) is 0.984. The van der Waals surface area contributed by atoms with E-state index < -0.39 is 0 Å². The van der Waals surface area contributed by atoms with Crippen LogP contribution in [0.1, 0.15) is 47.2 Å². The van der Waals surface area contributed by atoms with Crippen molar-refractivity contribution in [2.75, 3.05) is 5.32 Å². The molecule has 170 valence electrons. The number of nitrogens with one attached hydrogen (secondary N) is 1. The molecule has 1 N–H and O–H groups in total. The van der Waals surface area contributed by atoms with Gasteiger partial charge in [0, 0.05) is 42.0 Å². The molecule has 6 heteroatoms. The Hall–Kier alpha value is -3.80. The van der Waals surface area contributed by atoms with Crippen LogP contribution in [0.25, 0.3) is 22.0 Å². The van der Waals surface area contributed by atoms with Crippen LogP contribution in [-0.4, -0.2) is 37.8 Å². The summed E-state index contributed by atoms with van der Waals surface area (Å²) >= 11 is 0. The van der Waals surface area contributed by atoms with Gasteiger partial charge < -0.3 is 10.2 Å². The predicted octanol–water partition coefficient (Wildman–Crippen LogP) is 5.38. The predicted molar refractivity (Wildman–Crippen MR) is 133 cm³/mol. The van der Waals surface area contributed by atoms with Gasteiger partial charge in [-0.05, 0) is 85.2 Å². The van der Waals surface area contributed by atoms with Crippen molar-refractivity contribution < 1.29 is 4.79 Å². The highest BCUT2D eigenvalue weighted by Crippen LogP contribution is 2.34. The Balaban J connectivity index is 1.32. The molecule has 0 saturated heterocycles. The highest BCUT2D eigenvalue weighted by molar-refractivity contribution is 5.95. The van der Waals surface area contributed by atoms with E-state index in [0.29, 0.717) is 24.2 Å². The molecule has 2 aromatic heterocycles. The van der Waals surface area contributed by atoms with E-state index in [2.05, 4.69) is 63.6 Å². The molecule has 2 fully saturated rings. The molecule has 4 aromatic rings. The molecule has 0 radical (unpaired) electrons. The van der Waals surface area contributed by atoms with Gasteiger partial charge in [-0.1, -0.05) is 18.2 Å². The number of aromatic nitrogens is 3. The number of aryl methyl sites for hydroxylation is 1. The summed E-state index contributed by atoms with van der Waals surface area (Å²) in [5.41, 5.74) is 6.27. The molecule has 2 aliphatic rings. The van der Waals surface area contributed by atoms with Gasteiger partial charge in [-0.3, -0.25) is 9.78 Å². The minimum absolute atomic E-state index is 0.0742. The average molecular weight is 450 g/mol. The number of amides is 1. The molecule has 0 atom stereocenters. The van der Waals surface area contributed by atoms with Crippen LogP contribution in [0.4, 0.5) is 5.82 Å². The number of rotatable bonds is 7. The van der Waals surface area contributed by atoms with Crippen molar-refractivity contribution >= 4 is 22.6 Å². The van der Waals surface area contributed by atoms with Gasteiger partial charge >= 0.3 is 0 Å². The largest absolute Gasteiger partial charge is 0.367 e. The Morgan fingerprint density at radius 2 is 1.85 bits per heavy atom. The third kappa shape index (κ3) is 4.23. The van der Waals surface area contributed by atoms with Gasteiger partial charge in [-0.25, -0.2) is 9.97 Å². The van der Waals surface area contributed by atoms with Crippen LogP contribution < -0.4 is 5.32 Å². The number of nitrogens with zero attached hydrogens (tertiary/aromatic N) is 4. The normalized spacial score (nSPS) is 15.3. The topological polar surface area (TPSA) is 71.0 Å². The maximum absolute atomic E-state index is 13.2. The summed E-state index contributed by atoms with van der Waals surface area (Å²) in [6, 6.07) is 17.3. The first-order valence-electron chi connectivity index (χ1n) is 12.0. The van der Waals surface area contributed by atoms with Crippen molar-refractivity contribution in [3.05, 3.63) is 83.9 Å². The highest BCUT2D eigenvalue weighted by Gasteiger charge is 2.33. The number of carbonyl (C=O) groups excluding carboxylic acids is 1. The number of anilines is 1. The summed E-state index contributed by atoms with van der Waals surface area (Å²) in [5, 5.41) is 4.59. The number of benzene rings is 2. The van der Waals surface area contributed by atoms with Crippen molar-refractivity contribution in [3.63, 3.8) is 0 Å². The second-order valence-corrected chi connectivity index (χ2v) is 9.43. The van der Waals surface area contributed by atoms with Crippen LogP contribution in [0.15, 0.2) is 67.3 Å². The van der Waals surface area contributed by atoms with E-state index in [1.807, 2.05) is 4.90 Å². The lowest BCUT2D eigenvalue weighted by Crippen LogP contribution is -2.32. The van der Waals surface area contributed by atoms with Crippen molar-refractivity contribution in [3.8, 4) is 11.1 Å². The summed E-state index contributed by atoms with van der Waals surface area (Å²) < 4.78 is 0. The number of hydrogen-bond acceptors (Lipinski definition) is 5. The molecule has 0 unspecified atom stereocenters. The molecule has 2 saturated carbocycles. The Bertz CT molecular complexity index is 1360. The second kappa shape index (κ2) is 8.52. The van der Waals surface area contributed by atoms with Gasteiger partial charge in [-0.15, -0.1) is 0 Å². The first-order chi connectivity index (χ1) is 16.7. The molecule has 2 aliphatic carbocycles. The minimum atomic E-state index is 0.0742. The smallest absolute Gasteiger partial charge is 0.254 e. The molecule has 0 bridgehead atoms. The first-order valence-corrected chi connectivity index (χ1v) is 12.0. The monoisotopic (exact) mass is 449 g/mol. The molecule has 0 spiro atoms. The van der Waals surface area contributed by atoms with E-state index >= 15 is 0 Å². The number of fused-ring (bicyclic) bond motifs is 1. The molecule has 6 rings (SSSR count). The molecule has 2 heterocycles. The third-order valence-electron chi connectivity index (χ3n) is 6.67. The fraction of sp³-hybridized carbons (Fsp3) is 0.286. The van der Waals surface area contributed by atoms with Gasteiger partial charge in [0.25, 0.3) is 5.91 Å². The fourth-order valence-corrected chi connectivity index (χ4v) is 4.50. The van der Waals surface area contributed by atoms with E-state index in [4.69, 9.17) is 0 Å². The summed E-state index contributed by atoms with van der Waals surface area (Å²) in [6.45, 7) is 2.73. The highest BCUT2D eigenvalue weighted by atomic mass is 16.2. The lowest BCUT2D eigenvalue weighted by atomic mass is 9.96. The van der Waals surface area contributed by atoms with Gasteiger partial charge in [0.15, 0.2) is 0 Å². The standard InChI is InChI=1S/C28H27N5O/c1-18-13-26-25(27(31-17-30-26)32-22-5-6-22)15-24(18)21-4-2-3-19(14-21)16-33(23-7-8-23)28(34)20-9-11-29-12-10-20/h2-4,9-15,17,22-23H,5-8,16H2,1H3,(H,30,31,32). The molecular formula is C28H27N5O. The van der Waals surface area contributed by atoms with E-state index in [-0.39, 0.29) is 5.91 Å². The third-order valence-corrected chi connectivity index (χ3v) is 6.67. The summed E-state index contributed by atoms with van der Waals surface area (Å²) in [7, 11) is 0. The molecule has 1 amide bonds. The first kappa shape index (κ1) is 20.8. The van der Waals surface area contributed by atoms with Gasteiger partial charge in [0.1, 0.15) is 12.1 Å². The van der Waals surface area contributed by atoms with Crippen molar-refractivity contribution in [1.82, 2.24) is 19.9 Å². The number of carbonyl (C=O) groups is 1. The SMILES string of the molecule is Cc1cc2ncnc(NC3CC3)c2cc1-c1cccc(CN(C(=O)c2ccncc2)C2CC2)c1. The van der Waals surface area contributed by atoms with Crippen molar-refractivity contribution in [2.24, 2.45) is 0 Å². The van der Waals surface area contributed by atoms with Gasteiger partial charge in [0.2, 0.25) is 0 Å². The van der Waals surface area contributed by atoms with Crippen LogP contribution in [0.5, 0.6) is 0 Å². The Morgan fingerprint density at radius 3 is 2.62 bits per heavy atom. The van der Waals surface area contributed by atoms with E-state index in [1.54, 1.807) is 30.9 Å². The maximum Gasteiger partial charge on any atom is 0.254 e. The average Bonchev–Trinajstić information content (AvgIpc) is 3.78. The second-order valence-electron chi connectivity index (χ2n) is 9.43. The van der Waals surface area contributed by atoms with Crippen molar-refractivity contribution in [1.29, 1.82) is 0 Å². The van der Waals surface area contributed by atoms with E-state index in [9.17, 15) is 4.79 Å². The number of hydrogen-bond donors (Lipinski definition) is 1. The summed E-state index contributed by atoms with van der Waals surface area (Å²) in [4.78, 5) is 28.3. The molecule has 6 nitrogen and oxygen atoms in total. The lowest BCUT2D eigenvalue weighted by Gasteiger charge is -2.23. The van der Waals surface area contributed by atoms with Crippen LogP contribution in [0, 0.1) is 6.92 Å². The zero-order valence-corrected chi connectivity index (χ0v) is 19.2. The van der Waals surface area contributed by atoms with E-state index in [1.165, 1.54) is 24.0 Å². The van der Waals surface area contributed by atoms with Crippen LogP contribution in [0.3, 0.4) is 0 Å². The van der Waals surface area contributed by atoms with Crippen molar-refractivity contribution in [2.45, 2.75) is 51.2 Å². The zero-order chi connectivity index (χ0) is 23.1. The van der Waals surface area contributed by atoms with Crippen LogP contribution >= 0.6 is 0 Å². The minimum Gasteiger partial charge on any atom is -0.367 e. The van der Waals surface area contributed by atoms with Gasteiger partial charge in [-0.2, -0.15) is 0 Å². The van der Waals surface area contributed by atoms with Crippen LogP contribution in [-0.2, 0) is 6.54 Å². The Kier molecular flexibility index (Phi) is 5.21. The number of pyridine rings is 1. The quantitative estimate of drug-likeness (QED) is 0.410. The van der Waals surface area contributed by atoms with E-state index in [0.717, 1.165) is 40.7 Å². The molecule has 2 aromatic carbocycles. The maximum atomic E-state index is 13.2. The molecular weight excluding hydrogens is 422 g/mol. The Morgan fingerprint density at radius 1 is 1.03 bits per heavy atom. The van der Waals surface area contributed by atoms with Gasteiger partial charge in [0.05, 0.1) is 5.52 Å². The molecule has 0 aliphatic heterocycles.